The Balaban J connectivity index is 2.03. The predicted molar refractivity (Wildman–Crippen MR) is 86.6 cm³/mol. The molecule has 0 aliphatic carbocycles. The summed E-state index contributed by atoms with van der Waals surface area (Å²) in [5.74, 6) is -0.537. The van der Waals surface area contributed by atoms with Gasteiger partial charge in [-0.05, 0) is 18.6 Å². The van der Waals surface area contributed by atoms with E-state index in [0.29, 0.717) is 11.2 Å². The Morgan fingerprint density at radius 2 is 2.17 bits per heavy atom. The van der Waals surface area contributed by atoms with E-state index in [9.17, 15) is 9.59 Å². The van der Waals surface area contributed by atoms with Crippen molar-refractivity contribution in [1.29, 1.82) is 0 Å². The number of carboxylic acids is 1. The maximum Gasteiger partial charge on any atom is 0.328 e. The highest BCUT2D eigenvalue weighted by atomic mass is 16.4. The second kappa shape index (κ2) is 6.11. The fourth-order valence-corrected chi connectivity index (χ4v) is 2.35. The van der Waals surface area contributed by atoms with Crippen LogP contribution in [0.4, 0.5) is 5.82 Å². The van der Waals surface area contributed by atoms with Crippen LogP contribution in [0.25, 0.3) is 11.2 Å². The first-order chi connectivity index (χ1) is 11.4. The van der Waals surface area contributed by atoms with Crippen LogP contribution < -0.4 is 11.4 Å². The van der Waals surface area contributed by atoms with Gasteiger partial charge in [0.15, 0.2) is 11.5 Å². The number of rotatable bonds is 5. The summed E-state index contributed by atoms with van der Waals surface area (Å²) in [4.78, 5) is 38.1. The molecule has 4 N–H and O–H groups in total. The molecule has 3 aromatic rings. The Kier molecular flexibility index (Phi) is 3.98. The molecule has 0 bridgehead atoms. The summed E-state index contributed by atoms with van der Waals surface area (Å²) < 4.78 is 1.43. The zero-order valence-electron chi connectivity index (χ0n) is 13.0. The summed E-state index contributed by atoms with van der Waals surface area (Å²) in [7, 11) is 0. The lowest BCUT2D eigenvalue weighted by Gasteiger charge is -2.05. The summed E-state index contributed by atoms with van der Waals surface area (Å²) in [6.45, 7) is 2.16. The van der Waals surface area contributed by atoms with Crippen molar-refractivity contribution < 1.29 is 9.90 Å². The normalized spacial score (nSPS) is 11.0. The van der Waals surface area contributed by atoms with E-state index in [1.54, 1.807) is 6.20 Å². The number of nitrogens with zero attached hydrogens (tertiary/aromatic N) is 4. The van der Waals surface area contributed by atoms with Crippen LogP contribution in [0.5, 0.6) is 0 Å². The summed E-state index contributed by atoms with van der Waals surface area (Å²) in [6.07, 6.45) is 1.72. The van der Waals surface area contributed by atoms with Crippen molar-refractivity contribution >= 4 is 23.0 Å². The Bertz CT molecular complexity index is 958. The van der Waals surface area contributed by atoms with Crippen LogP contribution >= 0.6 is 0 Å². The molecule has 3 rings (SSSR count). The number of carboxylic acid groups (broad SMARTS) is 1. The van der Waals surface area contributed by atoms with E-state index < -0.39 is 5.97 Å². The second-order valence-electron chi connectivity index (χ2n) is 5.44. The third-order valence-corrected chi connectivity index (χ3v) is 3.57. The molecule has 0 saturated carbocycles. The summed E-state index contributed by atoms with van der Waals surface area (Å²) >= 11 is 0. The van der Waals surface area contributed by atoms with E-state index in [4.69, 9.17) is 10.8 Å². The Morgan fingerprint density at radius 3 is 2.83 bits per heavy atom. The number of fused-ring (bicyclic) bond motifs is 1. The number of imidazole rings is 1. The summed E-state index contributed by atoms with van der Waals surface area (Å²) in [5, 5.41) is 8.78. The first-order valence-electron chi connectivity index (χ1n) is 7.32. The molecule has 9 nitrogen and oxygen atoms in total. The third kappa shape index (κ3) is 3.09. The molecule has 0 aliphatic rings. The first-order valence-corrected chi connectivity index (χ1v) is 7.32. The van der Waals surface area contributed by atoms with Gasteiger partial charge in [0.1, 0.15) is 11.3 Å². The number of aromatic amines is 1. The molecular weight excluding hydrogens is 312 g/mol. The van der Waals surface area contributed by atoms with E-state index in [0.717, 1.165) is 11.3 Å². The molecule has 24 heavy (non-hydrogen) atoms. The van der Waals surface area contributed by atoms with Gasteiger partial charge >= 0.3 is 11.7 Å². The Labute approximate surface area is 136 Å². The van der Waals surface area contributed by atoms with E-state index in [-0.39, 0.29) is 36.7 Å². The molecule has 0 amide bonds. The largest absolute Gasteiger partial charge is 0.481 e. The van der Waals surface area contributed by atoms with Gasteiger partial charge in [0.2, 0.25) is 0 Å². The number of aliphatic carboxylic acids is 1. The number of nitrogen functional groups attached to an aromatic ring is 1. The molecule has 0 saturated heterocycles. The maximum atomic E-state index is 12.2. The van der Waals surface area contributed by atoms with Crippen LogP contribution in [0.1, 0.15) is 23.5 Å². The van der Waals surface area contributed by atoms with E-state index in [2.05, 4.69) is 19.9 Å². The van der Waals surface area contributed by atoms with Crippen molar-refractivity contribution in [2.75, 3.05) is 5.73 Å². The minimum absolute atomic E-state index is 0.110. The van der Waals surface area contributed by atoms with Gasteiger partial charge in [0, 0.05) is 18.3 Å². The zero-order chi connectivity index (χ0) is 17.3. The molecule has 0 unspecified atom stereocenters. The topological polar surface area (TPSA) is 140 Å². The SMILES string of the molecule is Cc1ccc(Cn2c(=O)[nH]c3c(N)nc(CCC(=O)O)nc32)cn1. The van der Waals surface area contributed by atoms with Crippen LogP contribution in [0, 0.1) is 6.92 Å². The van der Waals surface area contributed by atoms with Gasteiger partial charge in [-0.25, -0.2) is 14.8 Å². The Morgan fingerprint density at radius 1 is 1.38 bits per heavy atom. The molecule has 3 heterocycles. The number of aryl methyl sites for hydroxylation is 2. The molecule has 0 aliphatic heterocycles. The number of H-pyrrole nitrogens is 1. The zero-order valence-corrected chi connectivity index (χ0v) is 13.0. The predicted octanol–water partition coefficient (Wildman–Crippen LogP) is 0.471. The molecule has 124 valence electrons. The maximum absolute atomic E-state index is 12.2. The van der Waals surface area contributed by atoms with Crippen molar-refractivity contribution in [2.24, 2.45) is 0 Å². The number of pyridine rings is 1. The van der Waals surface area contributed by atoms with Crippen molar-refractivity contribution in [2.45, 2.75) is 26.3 Å². The van der Waals surface area contributed by atoms with Crippen molar-refractivity contribution in [3.05, 3.63) is 45.9 Å². The minimum atomic E-state index is -0.950. The standard InChI is InChI=1S/C15H16N6O3/c1-8-2-3-9(6-17-8)7-21-14-12(20-15(21)24)13(16)18-10(19-14)4-5-11(22)23/h2-3,6H,4-5,7H2,1H3,(H,20,24)(H,22,23)(H2,16,18,19). The van der Waals surface area contributed by atoms with Crippen molar-refractivity contribution in [3.8, 4) is 0 Å². The second-order valence-corrected chi connectivity index (χ2v) is 5.44. The highest BCUT2D eigenvalue weighted by Crippen LogP contribution is 2.16. The summed E-state index contributed by atoms with van der Waals surface area (Å²) in [5.41, 5.74) is 7.93. The number of carbonyl (C=O) groups is 1. The molecule has 0 atom stereocenters. The molecule has 0 aromatic carbocycles. The molecule has 0 spiro atoms. The monoisotopic (exact) mass is 328 g/mol. The average molecular weight is 328 g/mol. The molecule has 0 radical (unpaired) electrons. The van der Waals surface area contributed by atoms with Crippen LogP contribution in [0.15, 0.2) is 23.1 Å². The van der Waals surface area contributed by atoms with Crippen molar-refractivity contribution in [1.82, 2.24) is 24.5 Å². The molecule has 3 aromatic heterocycles. The molecule has 0 fully saturated rings. The number of nitrogens with two attached hydrogens (primary N) is 1. The van der Waals surface area contributed by atoms with Gasteiger partial charge in [-0.2, -0.15) is 0 Å². The fourth-order valence-electron chi connectivity index (χ4n) is 2.35. The number of hydrogen-bond acceptors (Lipinski definition) is 6. The van der Waals surface area contributed by atoms with Crippen LogP contribution in [0.2, 0.25) is 0 Å². The van der Waals surface area contributed by atoms with Gasteiger partial charge in [-0.1, -0.05) is 6.07 Å². The average Bonchev–Trinajstić information content (AvgIpc) is 2.84. The first kappa shape index (κ1) is 15.7. The molecular formula is C15H16N6O3. The van der Waals surface area contributed by atoms with Crippen LogP contribution in [-0.2, 0) is 17.8 Å². The van der Waals surface area contributed by atoms with Gasteiger partial charge in [-0.3, -0.25) is 14.3 Å². The minimum Gasteiger partial charge on any atom is -0.481 e. The van der Waals surface area contributed by atoms with E-state index in [1.165, 1.54) is 4.57 Å². The van der Waals surface area contributed by atoms with E-state index in [1.807, 2.05) is 19.1 Å². The lowest BCUT2D eigenvalue weighted by molar-refractivity contribution is -0.137. The van der Waals surface area contributed by atoms with Gasteiger partial charge < -0.3 is 15.8 Å². The van der Waals surface area contributed by atoms with Gasteiger partial charge in [-0.15, -0.1) is 0 Å². The summed E-state index contributed by atoms with van der Waals surface area (Å²) in [6, 6.07) is 3.74. The number of nitrogens with one attached hydrogen (secondary N) is 1. The molecule has 9 heteroatoms. The number of hydrogen-bond donors (Lipinski definition) is 3. The quantitative estimate of drug-likeness (QED) is 0.618. The van der Waals surface area contributed by atoms with Gasteiger partial charge in [0.25, 0.3) is 0 Å². The van der Waals surface area contributed by atoms with Crippen LogP contribution in [-0.4, -0.2) is 35.6 Å². The fraction of sp³-hybridized carbons (Fsp3) is 0.267. The smallest absolute Gasteiger partial charge is 0.328 e. The lowest BCUT2D eigenvalue weighted by Crippen LogP contribution is -2.18. The van der Waals surface area contributed by atoms with E-state index >= 15 is 0 Å². The van der Waals surface area contributed by atoms with Crippen molar-refractivity contribution in [3.63, 3.8) is 0 Å². The van der Waals surface area contributed by atoms with Gasteiger partial charge in [0.05, 0.1) is 13.0 Å². The highest BCUT2D eigenvalue weighted by Gasteiger charge is 2.14. The number of aromatic nitrogens is 5. The Hall–Kier alpha value is -3.23. The van der Waals surface area contributed by atoms with Crippen LogP contribution in [0.3, 0.4) is 0 Å². The highest BCUT2D eigenvalue weighted by molar-refractivity contribution is 5.81. The number of anilines is 1. The third-order valence-electron chi connectivity index (χ3n) is 3.57. The lowest BCUT2D eigenvalue weighted by atomic mass is 10.2.